The van der Waals surface area contributed by atoms with Gasteiger partial charge in [0.15, 0.2) is 0 Å². The molecule has 0 saturated heterocycles. The Balaban J connectivity index is 3.23. The normalized spacial score (nSPS) is 10.9. The van der Waals surface area contributed by atoms with Crippen molar-refractivity contribution in [3.8, 4) is 0 Å². The number of carbonyl (C=O) groups excluding carboxylic acids is 1. The summed E-state index contributed by atoms with van der Waals surface area (Å²) >= 11 is 0. The zero-order chi connectivity index (χ0) is 14.3. The fourth-order valence-electron chi connectivity index (χ4n) is 2.26. The Bertz CT molecular complexity index is 207. The van der Waals surface area contributed by atoms with Gasteiger partial charge in [0.05, 0.1) is 0 Å². The van der Waals surface area contributed by atoms with Crippen molar-refractivity contribution in [2.75, 3.05) is 13.6 Å². The number of nitrogens with zero attached hydrogens (tertiary/aromatic N) is 1. The Labute approximate surface area is 120 Å². The van der Waals surface area contributed by atoms with Crippen molar-refractivity contribution in [2.45, 2.75) is 84.5 Å². The lowest BCUT2D eigenvalue weighted by Gasteiger charge is -2.16. The average molecular weight is 270 g/mol. The molecule has 0 bridgehead atoms. The predicted molar refractivity (Wildman–Crippen MR) is 82.9 cm³/mol. The van der Waals surface area contributed by atoms with Gasteiger partial charge in [-0.05, 0) is 12.8 Å². The minimum absolute atomic E-state index is 0.166. The molecule has 0 unspecified atom stereocenters. The molecule has 3 heteroatoms. The Morgan fingerprint density at radius 3 is 1.89 bits per heavy atom. The molecule has 1 N–H and O–H groups in total. The van der Waals surface area contributed by atoms with Gasteiger partial charge in [-0.15, -0.1) is 0 Å². The van der Waals surface area contributed by atoms with Crippen molar-refractivity contribution in [1.82, 2.24) is 10.4 Å². The maximum atomic E-state index is 11.6. The van der Waals surface area contributed by atoms with Gasteiger partial charge in [-0.3, -0.25) is 10.2 Å². The summed E-state index contributed by atoms with van der Waals surface area (Å²) in [4.78, 5) is 11.6. The number of nitrogens with one attached hydrogen (secondary N) is 1. The maximum absolute atomic E-state index is 11.6. The van der Waals surface area contributed by atoms with Crippen LogP contribution in [0.15, 0.2) is 0 Å². The van der Waals surface area contributed by atoms with E-state index >= 15 is 0 Å². The second kappa shape index (κ2) is 13.9. The van der Waals surface area contributed by atoms with E-state index in [-0.39, 0.29) is 5.91 Å². The molecule has 0 aromatic rings. The molecule has 0 aromatic carbocycles. The van der Waals surface area contributed by atoms with Crippen LogP contribution in [0.2, 0.25) is 0 Å². The second-order valence-corrected chi connectivity index (χ2v) is 5.53. The molecule has 1 amide bonds. The van der Waals surface area contributed by atoms with E-state index in [2.05, 4.69) is 19.3 Å². The Hall–Kier alpha value is -0.570. The number of hydrazine groups is 1. The van der Waals surface area contributed by atoms with Crippen molar-refractivity contribution in [1.29, 1.82) is 0 Å². The van der Waals surface area contributed by atoms with E-state index in [1.165, 1.54) is 51.4 Å². The van der Waals surface area contributed by atoms with Crippen LogP contribution >= 0.6 is 0 Å². The van der Waals surface area contributed by atoms with Crippen LogP contribution in [0.5, 0.6) is 0 Å². The minimum atomic E-state index is 0.166. The van der Waals surface area contributed by atoms with Crippen LogP contribution in [0, 0.1) is 0 Å². The lowest BCUT2D eigenvalue weighted by molar-refractivity contribution is -0.125. The third kappa shape index (κ3) is 13.7. The van der Waals surface area contributed by atoms with E-state index in [0.717, 1.165) is 19.4 Å². The summed E-state index contributed by atoms with van der Waals surface area (Å²) in [6, 6.07) is 0. The van der Waals surface area contributed by atoms with E-state index in [1.807, 2.05) is 12.1 Å². The Morgan fingerprint density at radius 1 is 0.842 bits per heavy atom. The van der Waals surface area contributed by atoms with Crippen molar-refractivity contribution in [3.05, 3.63) is 0 Å². The zero-order valence-corrected chi connectivity index (χ0v) is 13.3. The molecule has 0 aliphatic rings. The molecule has 0 aliphatic carbocycles. The van der Waals surface area contributed by atoms with Gasteiger partial charge in [-0.2, -0.15) is 0 Å². The first kappa shape index (κ1) is 18.4. The molecule has 0 atom stereocenters. The van der Waals surface area contributed by atoms with Gasteiger partial charge in [0.2, 0.25) is 5.91 Å². The van der Waals surface area contributed by atoms with Crippen LogP contribution in [0.1, 0.15) is 84.5 Å². The maximum Gasteiger partial charge on any atom is 0.234 e. The average Bonchev–Trinajstić information content (AvgIpc) is 2.37. The van der Waals surface area contributed by atoms with Crippen LogP contribution < -0.4 is 5.43 Å². The molecule has 0 rings (SSSR count). The molecule has 19 heavy (non-hydrogen) atoms. The third-order valence-corrected chi connectivity index (χ3v) is 3.38. The summed E-state index contributed by atoms with van der Waals surface area (Å²) in [5, 5.41) is 1.88. The van der Waals surface area contributed by atoms with Crippen LogP contribution in [-0.2, 0) is 4.79 Å². The van der Waals surface area contributed by atoms with Crippen molar-refractivity contribution >= 4 is 5.91 Å². The minimum Gasteiger partial charge on any atom is -0.289 e. The van der Waals surface area contributed by atoms with E-state index in [1.54, 1.807) is 0 Å². The van der Waals surface area contributed by atoms with Crippen LogP contribution in [0.4, 0.5) is 0 Å². The van der Waals surface area contributed by atoms with Crippen LogP contribution in [-0.4, -0.2) is 24.5 Å². The highest BCUT2D eigenvalue weighted by molar-refractivity contribution is 5.75. The largest absolute Gasteiger partial charge is 0.289 e. The number of rotatable bonds is 13. The highest BCUT2D eigenvalue weighted by Crippen LogP contribution is 2.10. The lowest BCUT2D eigenvalue weighted by atomic mass is 10.1. The van der Waals surface area contributed by atoms with Crippen molar-refractivity contribution < 1.29 is 4.79 Å². The van der Waals surface area contributed by atoms with E-state index in [0.29, 0.717) is 6.42 Å². The fourth-order valence-corrected chi connectivity index (χ4v) is 2.26. The number of unbranched alkanes of at least 4 members (excludes halogenated alkanes) is 8. The first-order chi connectivity index (χ1) is 9.20. The van der Waals surface area contributed by atoms with Crippen molar-refractivity contribution in [3.63, 3.8) is 0 Å². The van der Waals surface area contributed by atoms with Crippen LogP contribution in [0.25, 0.3) is 0 Å². The molecule has 3 nitrogen and oxygen atoms in total. The van der Waals surface area contributed by atoms with E-state index in [9.17, 15) is 4.79 Å². The smallest absolute Gasteiger partial charge is 0.234 e. The van der Waals surface area contributed by atoms with E-state index < -0.39 is 0 Å². The molecular formula is C16H34N2O. The van der Waals surface area contributed by atoms with Gasteiger partial charge >= 0.3 is 0 Å². The highest BCUT2D eigenvalue weighted by Gasteiger charge is 2.03. The lowest BCUT2D eigenvalue weighted by Crippen LogP contribution is -2.39. The van der Waals surface area contributed by atoms with Gasteiger partial charge < -0.3 is 0 Å². The summed E-state index contributed by atoms with van der Waals surface area (Å²) in [6.07, 6.45) is 13.4. The summed E-state index contributed by atoms with van der Waals surface area (Å²) in [5.74, 6) is 0.166. The molecular weight excluding hydrogens is 236 g/mol. The monoisotopic (exact) mass is 270 g/mol. The molecule has 0 aliphatic heterocycles. The third-order valence-electron chi connectivity index (χ3n) is 3.38. The second-order valence-electron chi connectivity index (χ2n) is 5.53. The standard InChI is InChI=1S/C16H34N2O/c1-4-6-7-8-9-10-11-12-13-14-16(19)17-18(3)15-5-2/h4-15H2,1-3H3,(H,17,19). The zero-order valence-electron chi connectivity index (χ0n) is 13.3. The number of carbonyl (C=O) groups is 1. The quantitative estimate of drug-likeness (QED) is 0.400. The van der Waals surface area contributed by atoms with Gasteiger partial charge in [0.25, 0.3) is 0 Å². The van der Waals surface area contributed by atoms with Crippen LogP contribution in [0.3, 0.4) is 0 Å². The SMILES string of the molecule is CCCCCCCCCCCC(=O)NN(C)CCC. The first-order valence-electron chi connectivity index (χ1n) is 8.21. The molecule has 0 heterocycles. The highest BCUT2D eigenvalue weighted by atomic mass is 16.2. The summed E-state index contributed by atoms with van der Waals surface area (Å²) in [5.41, 5.74) is 2.90. The molecule has 0 saturated carbocycles. The molecule has 0 fully saturated rings. The van der Waals surface area contributed by atoms with Gasteiger partial charge in [0, 0.05) is 20.0 Å². The number of hydrogen-bond donors (Lipinski definition) is 1. The molecule has 0 aromatic heterocycles. The Kier molecular flexibility index (Phi) is 13.4. The molecule has 0 radical (unpaired) electrons. The first-order valence-corrected chi connectivity index (χ1v) is 8.21. The number of hydrogen-bond acceptors (Lipinski definition) is 2. The summed E-state index contributed by atoms with van der Waals surface area (Å²) < 4.78 is 0. The van der Waals surface area contributed by atoms with Gasteiger partial charge in [-0.1, -0.05) is 65.2 Å². The fraction of sp³-hybridized carbons (Fsp3) is 0.938. The predicted octanol–water partition coefficient (Wildman–Crippen LogP) is 4.28. The summed E-state index contributed by atoms with van der Waals surface area (Å²) in [7, 11) is 1.93. The molecule has 0 spiro atoms. The van der Waals surface area contributed by atoms with Gasteiger partial charge in [0.1, 0.15) is 0 Å². The van der Waals surface area contributed by atoms with E-state index in [4.69, 9.17) is 0 Å². The molecule has 114 valence electrons. The Morgan fingerprint density at radius 2 is 1.37 bits per heavy atom. The topological polar surface area (TPSA) is 32.3 Å². The summed E-state index contributed by atoms with van der Waals surface area (Å²) in [6.45, 7) is 5.29. The number of amides is 1. The van der Waals surface area contributed by atoms with Gasteiger partial charge in [-0.25, -0.2) is 5.01 Å². The van der Waals surface area contributed by atoms with Crippen molar-refractivity contribution in [2.24, 2.45) is 0 Å².